The minimum absolute atomic E-state index is 0.0256. The van der Waals surface area contributed by atoms with E-state index in [4.69, 9.17) is 33.0 Å². The fourth-order valence-electron chi connectivity index (χ4n) is 3.53. The molecule has 9 heteroatoms. The van der Waals surface area contributed by atoms with Gasteiger partial charge in [0.15, 0.2) is 0 Å². The molecule has 0 saturated heterocycles. The maximum atomic E-state index is 14.6. The molecule has 0 aliphatic rings. The van der Waals surface area contributed by atoms with Crippen LogP contribution in [0.15, 0.2) is 60.7 Å². The first-order chi connectivity index (χ1) is 16.3. The molecule has 0 amide bonds. The number of benzene rings is 3. The van der Waals surface area contributed by atoms with Gasteiger partial charge in [0.25, 0.3) is 0 Å². The highest BCUT2D eigenvalue weighted by Crippen LogP contribution is 2.33. The zero-order valence-corrected chi connectivity index (χ0v) is 19.8. The molecule has 0 saturated carbocycles. The number of hydrogen-bond acceptors (Lipinski definition) is 4. The number of aromatic nitrogens is 3. The number of carbonyl (C=O) groups is 1. The van der Waals surface area contributed by atoms with Crippen LogP contribution in [0.3, 0.4) is 0 Å². The Hall–Kier alpha value is -3.42. The number of ether oxygens (including phenoxy) is 1. The molecular formula is C25H20Cl2FN3O3. The van der Waals surface area contributed by atoms with Gasteiger partial charge in [0.2, 0.25) is 0 Å². The molecule has 0 unspecified atom stereocenters. The molecule has 0 bridgehead atoms. The van der Waals surface area contributed by atoms with E-state index in [-0.39, 0.29) is 28.8 Å². The molecule has 0 atom stereocenters. The Balaban J connectivity index is 1.61. The van der Waals surface area contributed by atoms with Crippen LogP contribution in [0, 0.1) is 5.82 Å². The van der Waals surface area contributed by atoms with Crippen LogP contribution in [-0.4, -0.2) is 26.1 Å². The van der Waals surface area contributed by atoms with Gasteiger partial charge in [0.05, 0.1) is 21.3 Å². The highest BCUT2D eigenvalue weighted by molar-refractivity contribution is 6.33. The van der Waals surface area contributed by atoms with Gasteiger partial charge in [-0.3, -0.25) is 0 Å². The number of nitrogens with zero attached hydrogens (tertiary/aromatic N) is 3. The van der Waals surface area contributed by atoms with Gasteiger partial charge in [-0.15, -0.1) is 5.10 Å². The summed E-state index contributed by atoms with van der Waals surface area (Å²) in [4.78, 5) is 11.1. The largest absolute Gasteiger partial charge is 0.487 e. The van der Waals surface area contributed by atoms with Crippen LogP contribution >= 0.6 is 23.2 Å². The summed E-state index contributed by atoms with van der Waals surface area (Å²) in [5, 5.41) is 18.1. The maximum Gasteiger partial charge on any atom is 0.335 e. The molecule has 34 heavy (non-hydrogen) atoms. The molecule has 0 aliphatic carbocycles. The van der Waals surface area contributed by atoms with Gasteiger partial charge in [-0.2, -0.15) is 0 Å². The summed E-state index contributed by atoms with van der Waals surface area (Å²) in [6.45, 7) is 3.98. The van der Waals surface area contributed by atoms with Gasteiger partial charge in [0.1, 0.15) is 29.6 Å². The lowest BCUT2D eigenvalue weighted by molar-refractivity contribution is 0.0697. The van der Waals surface area contributed by atoms with Gasteiger partial charge < -0.3 is 9.84 Å². The van der Waals surface area contributed by atoms with Crippen LogP contribution in [0.25, 0.3) is 16.8 Å². The van der Waals surface area contributed by atoms with E-state index >= 15 is 0 Å². The Morgan fingerprint density at radius 2 is 1.82 bits per heavy atom. The molecule has 6 nitrogen and oxygen atoms in total. The zero-order chi connectivity index (χ0) is 24.4. The Morgan fingerprint density at radius 3 is 2.44 bits per heavy atom. The zero-order valence-electron chi connectivity index (χ0n) is 18.3. The van der Waals surface area contributed by atoms with Crippen molar-refractivity contribution in [3.63, 3.8) is 0 Å². The lowest BCUT2D eigenvalue weighted by Gasteiger charge is -2.14. The molecule has 174 valence electrons. The van der Waals surface area contributed by atoms with Crippen molar-refractivity contribution in [1.82, 2.24) is 15.0 Å². The van der Waals surface area contributed by atoms with E-state index in [1.54, 1.807) is 36.4 Å². The van der Waals surface area contributed by atoms with E-state index in [0.717, 1.165) is 11.1 Å². The van der Waals surface area contributed by atoms with Crippen LogP contribution in [0.5, 0.6) is 5.75 Å². The summed E-state index contributed by atoms with van der Waals surface area (Å²) in [7, 11) is 0. The van der Waals surface area contributed by atoms with Crippen LogP contribution in [0.2, 0.25) is 10.0 Å². The Morgan fingerprint density at radius 1 is 1.09 bits per heavy atom. The van der Waals surface area contributed by atoms with Crippen molar-refractivity contribution in [1.29, 1.82) is 0 Å². The smallest absolute Gasteiger partial charge is 0.335 e. The van der Waals surface area contributed by atoms with Crippen LogP contribution in [0.4, 0.5) is 4.39 Å². The molecule has 0 fully saturated rings. The minimum atomic E-state index is -0.993. The van der Waals surface area contributed by atoms with E-state index in [0.29, 0.717) is 22.2 Å². The second-order valence-electron chi connectivity index (χ2n) is 7.87. The van der Waals surface area contributed by atoms with Crippen molar-refractivity contribution < 1.29 is 19.0 Å². The first-order valence-corrected chi connectivity index (χ1v) is 11.2. The maximum absolute atomic E-state index is 14.6. The first kappa shape index (κ1) is 23.7. The standard InChI is InChI=1S/C25H20Cl2FN3O3/c1-14(2)23-22(31(30-29-23)24-19(26)4-3-5-21(24)28)13-34-17-10-11-18(20(27)12-17)15-6-8-16(9-7-15)25(32)33/h3-12,14H,13H2,1-2H3,(H,32,33). The fraction of sp³-hybridized carbons (Fsp3) is 0.160. The summed E-state index contributed by atoms with van der Waals surface area (Å²) in [6, 6.07) is 16.1. The fourth-order valence-corrected chi connectivity index (χ4v) is 4.05. The summed E-state index contributed by atoms with van der Waals surface area (Å²) < 4.78 is 21.9. The SMILES string of the molecule is CC(C)c1nnn(-c2c(F)cccc2Cl)c1COc1ccc(-c2ccc(C(=O)O)cc2)c(Cl)c1. The number of carboxylic acids is 1. The Labute approximate surface area is 205 Å². The van der Waals surface area contributed by atoms with Gasteiger partial charge in [-0.25, -0.2) is 13.9 Å². The van der Waals surface area contributed by atoms with Gasteiger partial charge in [-0.1, -0.05) is 60.5 Å². The van der Waals surface area contributed by atoms with Crippen molar-refractivity contribution in [2.45, 2.75) is 26.4 Å². The summed E-state index contributed by atoms with van der Waals surface area (Å²) in [5.74, 6) is -0.988. The van der Waals surface area contributed by atoms with Crippen molar-refractivity contribution in [3.8, 4) is 22.6 Å². The normalized spacial score (nSPS) is 11.1. The monoisotopic (exact) mass is 499 g/mol. The minimum Gasteiger partial charge on any atom is -0.487 e. The number of para-hydroxylation sites is 1. The average molecular weight is 500 g/mol. The number of rotatable bonds is 7. The number of aromatic carboxylic acids is 1. The predicted octanol–water partition coefficient (Wildman–Crippen LogP) is 6.78. The summed E-state index contributed by atoms with van der Waals surface area (Å²) >= 11 is 12.7. The lowest BCUT2D eigenvalue weighted by Crippen LogP contribution is -2.10. The van der Waals surface area contributed by atoms with Gasteiger partial charge >= 0.3 is 5.97 Å². The molecular weight excluding hydrogens is 480 g/mol. The summed E-state index contributed by atoms with van der Waals surface area (Å²) in [6.07, 6.45) is 0. The third-order valence-corrected chi connectivity index (χ3v) is 5.87. The molecule has 1 N–H and O–H groups in total. The van der Waals surface area contributed by atoms with E-state index in [2.05, 4.69) is 10.3 Å². The van der Waals surface area contributed by atoms with Crippen molar-refractivity contribution in [3.05, 3.63) is 93.5 Å². The van der Waals surface area contributed by atoms with Crippen LogP contribution in [-0.2, 0) is 6.61 Å². The molecule has 4 rings (SSSR count). The number of carboxylic acid groups (broad SMARTS) is 1. The molecule has 0 aliphatic heterocycles. The number of hydrogen-bond donors (Lipinski definition) is 1. The predicted molar refractivity (Wildman–Crippen MR) is 129 cm³/mol. The van der Waals surface area contributed by atoms with Crippen LogP contribution < -0.4 is 4.74 Å². The molecule has 0 radical (unpaired) electrons. The Kier molecular flexibility index (Phi) is 6.86. The van der Waals surface area contributed by atoms with Crippen molar-refractivity contribution in [2.24, 2.45) is 0 Å². The third-order valence-electron chi connectivity index (χ3n) is 5.25. The van der Waals surface area contributed by atoms with Crippen molar-refractivity contribution in [2.75, 3.05) is 0 Å². The van der Waals surface area contributed by atoms with Crippen molar-refractivity contribution >= 4 is 29.2 Å². The number of halogens is 3. The highest BCUT2D eigenvalue weighted by Gasteiger charge is 2.21. The quantitative estimate of drug-likeness (QED) is 0.303. The second kappa shape index (κ2) is 9.83. The molecule has 3 aromatic carbocycles. The molecule has 1 aromatic heterocycles. The van der Waals surface area contributed by atoms with E-state index in [1.165, 1.54) is 28.9 Å². The second-order valence-corrected chi connectivity index (χ2v) is 8.69. The highest BCUT2D eigenvalue weighted by atomic mass is 35.5. The first-order valence-electron chi connectivity index (χ1n) is 10.4. The third kappa shape index (κ3) is 4.76. The summed E-state index contributed by atoms with van der Waals surface area (Å²) in [5.41, 5.74) is 3.06. The van der Waals surface area contributed by atoms with E-state index in [9.17, 15) is 9.18 Å². The molecule has 4 aromatic rings. The van der Waals surface area contributed by atoms with Crippen LogP contribution in [0.1, 0.15) is 41.5 Å². The average Bonchev–Trinajstić information content (AvgIpc) is 3.21. The topological polar surface area (TPSA) is 77.2 Å². The van der Waals surface area contributed by atoms with Gasteiger partial charge in [0, 0.05) is 5.56 Å². The lowest BCUT2D eigenvalue weighted by atomic mass is 10.0. The van der Waals surface area contributed by atoms with E-state index < -0.39 is 11.8 Å². The molecule has 1 heterocycles. The Bertz CT molecular complexity index is 1330. The molecule has 0 spiro atoms. The van der Waals surface area contributed by atoms with E-state index in [1.807, 2.05) is 13.8 Å². The van der Waals surface area contributed by atoms with Gasteiger partial charge in [-0.05, 0) is 53.9 Å².